The molecule has 0 unspecified atom stereocenters. The molecule has 3 aromatic heterocycles. The third-order valence-corrected chi connectivity index (χ3v) is 5.67. The third kappa shape index (κ3) is 3.58. The molecule has 136 valence electrons. The van der Waals surface area contributed by atoms with Crippen LogP contribution in [0, 0.1) is 6.92 Å². The number of thiophene rings is 1. The van der Waals surface area contributed by atoms with Crippen LogP contribution in [0.4, 0.5) is 5.82 Å². The predicted octanol–water partition coefficient (Wildman–Crippen LogP) is 4.59. The number of aryl methyl sites for hydroxylation is 1. The average molecular weight is 370 g/mol. The number of aromatic nitrogens is 3. The molecule has 6 nitrogen and oxygen atoms in total. The van der Waals surface area contributed by atoms with Gasteiger partial charge in [-0.15, -0.1) is 11.3 Å². The lowest BCUT2D eigenvalue weighted by Crippen LogP contribution is -2.21. The van der Waals surface area contributed by atoms with E-state index >= 15 is 0 Å². The number of anilines is 1. The van der Waals surface area contributed by atoms with E-state index in [1.165, 1.54) is 19.3 Å². The van der Waals surface area contributed by atoms with Crippen molar-refractivity contribution in [2.45, 2.75) is 51.5 Å². The fourth-order valence-corrected chi connectivity index (χ4v) is 4.12. The number of oxazole rings is 1. The lowest BCUT2D eigenvalue weighted by molar-refractivity contribution is -0.115. The number of amides is 1. The highest BCUT2D eigenvalue weighted by Crippen LogP contribution is 2.30. The van der Waals surface area contributed by atoms with E-state index in [2.05, 4.69) is 15.4 Å². The monoisotopic (exact) mass is 370 g/mol. The van der Waals surface area contributed by atoms with Crippen LogP contribution in [0.1, 0.15) is 49.6 Å². The zero-order chi connectivity index (χ0) is 17.9. The molecule has 1 fully saturated rings. The van der Waals surface area contributed by atoms with Crippen molar-refractivity contribution in [3.8, 4) is 10.8 Å². The van der Waals surface area contributed by atoms with Gasteiger partial charge in [0.2, 0.25) is 11.8 Å². The molecule has 1 aliphatic rings. The van der Waals surface area contributed by atoms with Crippen LogP contribution in [0.2, 0.25) is 0 Å². The second-order valence-corrected chi connectivity index (χ2v) is 7.62. The molecule has 26 heavy (non-hydrogen) atoms. The van der Waals surface area contributed by atoms with Gasteiger partial charge in [-0.25, -0.2) is 9.67 Å². The highest BCUT2D eigenvalue weighted by Gasteiger charge is 2.20. The Balaban J connectivity index is 1.44. The van der Waals surface area contributed by atoms with Gasteiger partial charge in [0.25, 0.3) is 0 Å². The van der Waals surface area contributed by atoms with Crippen LogP contribution >= 0.6 is 11.3 Å². The van der Waals surface area contributed by atoms with Gasteiger partial charge < -0.3 is 9.73 Å². The summed E-state index contributed by atoms with van der Waals surface area (Å²) in [6.07, 6.45) is 7.92. The summed E-state index contributed by atoms with van der Waals surface area (Å²) in [6.45, 7) is 1.85. The summed E-state index contributed by atoms with van der Waals surface area (Å²) >= 11 is 1.57. The molecule has 0 radical (unpaired) electrons. The minimum atomic E-state index is -0.100. The zero-order valence-electron chi connectivity index (χ0n) is 14.8. The van der Waals surface area contributed by atoms with Crippen LogP contribution in [0.3, 0.4) is 0 Å². The molecular weight excluding hydrogens is 348 g/mol. The summed E-state index contributed by atoms with van der Waals surface area (Å²) in [5, 5.41) is 9.39. The number of nitrogens with one attached hydrogen (secondary N) is 1. The van der Waals surface area contributed by atoms with E-state index in [9.17, 15) is 4.79 Å². The molecule has 0 saturated heterocycles. The number of rotatable bonds is 5. The van der Waals surface area contributed by atoms with Gasteiger partial charge >= 0.3 is 0 Å². The Morgan fingerprint density at radius 3 is 2.96 bits per heavy atom. The van der Waals surface area contributed by atoms with Crippen LogP contribution < -0.4 is 5.32 Å². The predicted molar refractivity (Wildman–Crippen MR) is 101 cm³/mol. The maximum atomic E-state index is 12.5. The molecule has 4 rings (SSSR count). The van der Waals surface area contributed by atoms with E-state index in [0.717, 1.165) is 23.5 Å². The van der Waals surface area contributed by atoms with Gasteiger partial charge in [0.05, 0.1) is 29.2 Å². The third-order valence-electron chi connectivity index (χ3n) is 4.81. The smallest absolute Gasteiger partial charge is 0.236 e. The minimum absolute atomic E-state index is 0.100. The molecular formula is C19H22N4O2S. The molecule has 0 aliphatic heterocycles. The van der Waals surface area contributed by atoms with E-state index in [1.807, 2.05) is 35.2 Å². The van der Waals surface area contributed by atoms with Crippen LogP contribution in [-0.4, -0.2) is 20.7 Å². The maximum absolute atomic E-state index is 12.5. The van der Waals surface area contributed by atoms with Gasteiger partial charge in [0.15, 0.2) is 0 Å². The molecule has 7 heteroatoms. The van der Waals surface area contributed by atoms with Crippen LogP contribution in [0.15, 0.2) is 34.2 Å². The fourth-order valence-electron chi connectivity index (χ4n) is 3.47. The number of hydrogen-bond donors (Lipinski definition) is 1. The molecule has 3 heterocycles. The Kier molecular flexibility index (Phi) is 4.88. The average Bonchev–Trinajstić information content (AvgIpc) is 3.38. The molecule has 0 atom stereocenters. The Hall–Kier alpha value is -2.41. The van der Waals surface area contributed by atoms with Crippen molar-refractivity contribution in [1.82, 2.24) is 14.8 Å². The lowest BCUT2D eigenvalue weighted by Gasteiger charge is -2.23. The number of carbonyl (C=O) groups excluding carboxylic acids is 1. The van der Waals surface area contributed by atoms with Crippen molar-refractivity contribution < 1.29 is 9.21 Å². The van der Waals surface area contributed by atoms with Crippen molar-refractivity contribution in [3.05, 3.63) is 41.2 Å². The van der Waals surface area contributed by atoms with Gasteiger partial charge in [-0.3, -0.25) is 4.79 Å². The van der Waals surface area contributed by atoms with E-state index in [4.69, 9.17) is 4.42 Å². The standard InChI is InChI=1S/C19H22N4O2S/c1-13-15(21-19(25-13)16-8-5-11-26-16)12-18(24)22-17-9-10-20-23(17)14-6-3-2-4-7-14/h5,8-11,14H,2-4,6-7,12H2,1H3,(H,22,24). The summed E-state index contributed by atoms with van der Waals surface area (Å²) in [5.74, 6) is 1.93. The first kappa shape index (κ1) is 17.0. The van der Waals surface area contributed by atoms with Gasteiger partial charge in [-0.2, -0.15) is 5.10 Å². The summed E-state index contributed by atoms with van der Waals surface area (Å²) in [6, 6.07) is 6.16. The van der Waals surface area contributed by atoms with E-state index in [1.54, 1.807) is 17.5 Å². The first-order chi connectivity index (χ1) is 12.7. The summed E-state index contributed by atoms with van der Waals surface area (Å²) in [5.41, 5.74) is 0.676. The van der Waals surface area contributed by atoms with Crippen molar-refractivity contribution in [1.29, 1.82) is 0 Å². The molecule has 0 aromatic carbocycles. The number of hydrogen-bond acceptors (Lipinski definition) is 5. The molecule has 1 amide bonds. The highest BCUT2D eigenvalue weighted by molar-refractivity contribution is 7.13. The Morgan fingerprint density at radius 1 is 1.35 bits per heavy atom. The topological polar surface area (TPSA) is 73.0 Å². The molecule has 1 saturated carbocycles. The van der Waals surface area contributed by atoms with E-state index in [-0.39, 0.29) is 12.3 Å². The van der Waals surface area contributed by atoms with Crippen molar-refractivity contribution in [3.63, 3.8) is 0 Å². The number of carbonyl (C=O) groups is 1. The summed E-state index contributed by atoms with van der Waals surface area (Å²) in [7, 11) is 0. The largest absolute Gasteiger partial charge is 0.440 e. The van der Waals surface area contributed by atoms with Crippen molar-refractivity contribution in [2.75, 3.05) is 5.32 Å². The molecule has 1 N–H and O–H groups in total. The minimum Gasteiger partial charge on any atom is -0.440 e. The van der Waals surface area contributed by atoms with Crippen LogP contribution in [0.25, 0.3) is 10.8 Å². The van der Waals surface area contributed by atoms with Gasteiger partial charge in [0.1, 0.15) is 11.6 Å². The summed E-state index contributed by atoms with van der Waals surface area (Å²) in [4.78, 5) is 18.0. The fraction of sp³-hybridized carbons (Fsp3) is 0.421. The van der Waals surface area contributed by atoms with E-state index < -0.39 is 0 Å². The Labute approximate surface area is 156 Å². The van der Waals surface area contributed by atoms with Crippen molar-refractivity contribution in [2.24, 2.45) is 0 Å². The SMILES string of the molecule is Cc1oc(-c2cccs2)nc1CC(=O)Nc1ccnn1C1CCCCC1. The second-order valence-electron chi connectivity index (χ2n) is 6.68. The Morgan fingerprint density at radius 2 is 2.19 bits per heavy atom. The van der Waals surface area contributed by atoms with Crippen molar-refractivity contribution >= 4 is 23.1 Å². The van der Waals surface area contributed by atoms with Gasteiger partial charge in [0, 0.05) is 6.07 Å². The van der Waals surface area contributed by atoms with Crippen LogP contribution in [0.5, 0.6) is 0 Å². The van der Waals surface area contributed by atoms with Gasteiger partial charge in [-0.05, 0) is 31.2 Å². The van der Waals surface area contributed by atoms with E-state index in [0.29, 0.717) is 23.4 Å². The normalized spacial score (nSPS) is 15.3. The maximum Gasteiger partial charge on any atom is 0.236 e. The molecule has 0 spiro atoms. The second kappa shape index (κ2) is 7.45. The first-order valence-electron chi connectivity index (χ1n) is 9.04. The lowest BCUT2D eigenvalue weighted by atomic mass is 9.96. The zero-order valence-corrected chi connectivity index (χ0v) is 15.6. The van der Waals surface area contributed by atoms with Gasteiger partial charge in [-0.1, -0.05) is 25.3 Å². The molecule has 0 bridgehead atoms. The first-order valence-corrected chi connectivity index (χ1v) is 9.92. The Bertz CT molecular complexity index is 875. The summed E-state index contributed by atoms with van der Waals surface area (Å²) < 4.78 is 7.68. The molecule has 3 aromatic rings. The molecule has 1 aliphatic carbocycles. The highest BCUT2D eigenvalue weighted by atomic mass is 32.1. The quantitative estimate of drug-likeness (QED) is 0.713. The number of nitrogens with zero attached hydrogens (tertiary/aromatic N) is 3. The van der Waals surface area contributed by atoms with Crippen LogP contribution in [-0.2, 0) is 11.2 Å².